The van der Waals surface area contributed by atoms with E-state index >= 15 is 0 Å². The normalized spacial score (nSPS) is 16.3. The summed E-state index contributed by atoms with van der Waals surface area (Å²) in [6.45, 7) is 10.1. The van der Waals surface area contributed by atoms with Gasteiger partial charge in [0.1, 0.15) is 0 Å². The van der Waals surface area contributed by atoms with Crippen LogP contribution >= 0.6 is 11.6 Å². The first kappa shape index (κ1) is 24.3. The Morgan fingerprint density at radius 3 is 2.32 bits per heavy atom. The van der Waals surface area contributed by atoms with E-state index in [1.807, 2.05) is 13.8 Å². The first-order valence-electron chi connectivity index (χ1n) is 11.3. The van der Waals surface area contributed by atoms with Crippen LogP contribution in [0.5, 0.6) is 0 Å². The van der Waals surface area contributed by atoms with Gasteiger partial charge in [0.15, 0.2) is 0 Å². The molecule has 0 radical (unpaired) electrons. The van der Waals surface area contributed by atoms with Gasteiger partial charge in [0, 0.05) is 16.6 Å². The zero-order valence-electron chi connectivity index (χ0n) is 20.0. The number of rotatable bonds is 5. The van der Waals surface area contributed by atoms with Crippen molar-refractivity contribution in [1.82, 2.24) is 5.32 Å². The molecule has 7 heteroatoms. The summed E-state index contributed by atoms with van der Waals surface area (Å²) in [7, 11) is -3.74. The van der Waals surface area contributed by atoms with Gasteiger partial charge < -0.3 is 5.32 Å². The van der Waals surface area contributed by atoms with Crippen molar-refractivity contribution >= 4 is 33.2 Å². The molecule has 178 valence electrons. The Labute approximate surface area is 206 Å². The van der Waals surface area contributed by atoms with Gasteiger partial charge in [-0.05, 0) is 111 Å². The van der Waals surface area contributed by atoms with E-state index in [4.69, 9.17) is 11.6 Å². The first-order valence-corrected chi connectivity index (χ1v) is 13.1. The molecule has 0 fully saturated rings. The van der Waals surface area contributed by atoms with E-state index in [-0.39, 0.29) is 22.9 Å². The van der Waals surface area contributed by atoms with Crippen LogP contribution in [0.3, 0.4) is 0 Å². The van der Waals surface area contributed by atoms with E-state index in [0.717, 1.165) is 16.7 Å². The topological polar surface area (TPSA) is 66.5 Å². The van der Waals surface area contributed by atoms with Crippen molar-refractivity contribution in [2.75, 3.05) is 4.31 Å². The van der Waals surface area contributed by atoms with E-state index in [9.17, 15) is 13.2 Å². The number of aryl methyl sites for hydroxylation is 3. The number of fused-ring (bicyclic) bond motifs is 1. The molecule has 0 aromatic heterocycles. The molecule has 0 aliphatic carbocycles. The van der Waals surface area contributed by atoms with Crippen molar-refractivity contribution in [2.45, 2.75) is 58.0 Å². The molecule has 0 saturated carbocycles. The molecule has 3 aromatic carbocycles. The van der Waals surface area contributed by atoms with Crippen molar-refractivity contribution < 1.29 is 13.2 Å². The molecular formula is C27H29ClN2O3S. The molecule has 0 saturated heterocycles. The minimum atomic E-state index is -3.74. The van der Waals surface area contributed by atoms with Gasteiger partial charge in [-0.2, -0.15) is 0 Å². The van der Waals surface area contributed by atoms with Gasteiger partial charge >= 0.3 is 0 Å². The smallest absolute Gasteiger partial charge is 0.264 e. The molecule has 2 atom stereocenters. The lowest BCUT2D eigenvalue weighted by Gasteiger charge is -2.24. The third-order valence-corrected chi connectivity index (χ3v) is 8.76. The molecule has 4 rings (SSSR count). The van der Waals surface area contributed by atoms with E-state index in [1.165, 1.54) is 27.6 Å². The predicted octanol–water partition coefficient (Wildman–Crippen LogP) is 5.90. The maximum Gasteiger partial charge on any atom is 0.264 e. The number of benzene rings is 3. The summed E-state index contributed by atoms with van der Waals surface area (Å²) >= 11 is 5.93. The Morgan fingerprint density at radius 2 is 1.65 bits per heavy atom. The summed E-state index contributed by atoms with van der Waals surface area (Å²) < 4.78 is 28.1. The number of sulfonamides is 1. The van der Waals surface area contributed by atoms with Crippen LogP contribution in [0.4, 0.5) is 5.69 Å². The number of carbonyl (C=O) groups is 1. The largest absolute Gasteiger partial charge is 0.346 e. The molecule has 0 unspecified atom stereocenters. The van der Waals surface area contributed by atoms with Crippen LogP contribution in [0.2, 0.25) is 5.02 Å². The molecular weight excluding hydrogens is 468 g/mol. The Balaban J connectivity index is 1.58. The number of hydrogen-bond acceptors (Lipinski definition) is 3. The van der Waals surface area contributed by atoms with Gasteiger partial charge in [0.2, 0.25) is 0 Å². The van der Waals surface area contributed by atoms with Gasteiger partial charge in [-0.25, -0.2) is 8.42 Å². The summed E-state index contributed by atoms with van der Waals surface area (Å²) in [4.78, 5) is 13.2. The molecule has 0 spiro atoms. The van der Waals surface area contributed by atoms with Crippen LogP contribution in [0.1, 0.15) is 58.1 Å². The molecule has 3 aromatic rings. The first-order chi connectivity index (χ1) is 16.0. The van der Waals surface area contributed by atoms with Crippen LogP contribution in [0.25, 0.3) is 0 Å². The molecule has 1 heterocycles. The Bertz CT molecular complexity index is 1370. The van der Waals surface area contributed by atoms with Crippen molar-refractivity contribution in [3.63, 3.8) is 0 Å². The second-order valence-corrected chi connectivity index (χ2v) is 11.4. The number of nitrogens with one attached hydrogen (secondary N) is 1. The fraction of sp³-hybridized carbons (Fsp3) is 0.296. The van der Waals surface area contributed by atoms with Gasteiger partial charge in [-0.3, -0.25) is 9.10 Å². The van der Waals surface area contributed by atoms with Crippen molar-refractivity contribution in [1.29, 1.82) is 0 Å². The van der Waals surface area contributed by atoms with Crippen molar-refractivity contribution in [2.24, 2.45) is 0 Å². The SMILES string of the molecule is Cc1cc(C)c([C@H](C)NC(=O)c2ccc3c(c2)C[C@H](C)N3S(=O)(=O)c2ccc(Cl)cc2)cc1C. The van der Waals surface area contributed by atoms with Crippen LogP contribution in [0, 0.1) is 20.8 Å². The summed E-state index contributed by atoms with van der Waals surface area (Å²) in [6, 6.07) is 15.2. The molecule has 0 bridgehead atoms. The van der Waals surface area contributed by atoms with Gasteiger partial charge in [-0.15, -0.1) is 0 Å². The average Bonchev–Trinajstić information content (AvgIpc) is 3.12. The lowest BCUT2D eigenvalue weighted by molar-refractivity contribution is 0.0939. The highest BCUT2D eigenvalue weighted by Gasteiger charge is 2.36. The number of nitrogens with zero attached hydrogens (tertiary/aromatic N) is 1. The van der Waals surface area contributed by atoms with Crippen LogP contribution in [-0.4, -0.2) is 20.4 Å². The Morgan fingerprint density at radius 1 is 1.00 bits per heavy atom. The number of anilines is 1. The quantitative estimate of drug-likeness (QED) is 0.478. The molecule has 5 nitrogen and oxygen atoms in total. The second kappa shape index (κ2) is 9.08. The average molecular weight is 497 g/mol. The fourth-order valence-corrected chi connectivity index (χ4v) is 6.46. The predicted molar refractivity (Wildman–Crippen MR) is 137 cm³/mol. The monoisotopic (exact) mass is 496 g/mol. The third kappa shape index (κ3) is 4.44. The fourth-order valence-electron chi connectivity index (χ4n) is 4.64. The van der Waals surface area contributed by atoms with Gasteiger partial charge in [0.25, 0.3) is 15.9 Å². The summed E-state index contributed by atoms with van der Waals surface area (Å²) in [5, 5.41) is 3.57. The highest BCUT2D eigenvalue weighted by atomic mass is 35.5. The Kier molecular flexibility index (Phi) is 6.49. The number of halogens is 1. The van der Waals surface area contributed by atoms with Gasteiger partial charge in [0.05, 0.1) is 16.6 Å². The summed E-state index contributed by atoms with van der Waals surface area (Å²) in [5.74, 6) is -0.181. The molecule has 34 heavy (non-hydrogen) atoms. The Hall–Kier alpha value is -2.83. The van der Waals surface area contributed by atoms with E-state index in [1.54, 1.807) is 30.3 Å². The second-order valence-electron chi connectivity index (χ2n) is 9.14. The lowest BCUT2D eigenvalue weighted by Crippen LogP contribution is -2.35. The highest BCUT2D eigenvalue weighted by molar-refractivity contribution is 7.92. The molecule has 1 aliphatic heterocycles. The maximum absolute atomic E-state index is 13.3. The number of hydrogen-bond donors (Lipinski definition) is 1. The maximum atomic E-state index is 13.3. The zero-order chi connectivity index (χ0) is 24.8. The molecule has 1 N–H and O–H groups in total. The zero-order valence-corrected chi connectivity index (χ0v) is 21.6. The lowest BCUT2D eigenvalue weighted by atomic mass is 9.96. The summed E-state index contributed by atoms with van der Waals surface area (Å²) in [5.41, 5.74) is 6.61. The highest BCUT2D eigenvalue weighted by Crippen LogP contribution is 2.37. The minimum absolute atomic E-state index is 0.152. The van der Waals surface area contributed by atoms with E-state index in [2.05, 4.69) is 38.2 Å². The van der Waals surface area contributed by atoms with Gasteiger partial charge in [-0.1, -0.05) is 23.7 Å². The van der Waals surface area contributed by atoms with E-state index in [0.29, 0.717) is 22.7 Å². The van der Waals surface area contributed by atoms with Crippen LogP contribution in [-0.2, 0) is 16.4 Å². The van der Waals surface area contributed by atoms with Crippen molar-refractivity contribution in [3.8, 4) is 0 Å². The minimum Gasteiger partial charge on any atom is -0.346 e. The van der Waals surface area contributed by atoms with Crippen molar-refractivity contribution in [3.05, 3.63) is 93.0 Å². The van der Waals surface area contributed by atoms with Crippen LogP contribution in [0.15, 0.2) is 59.5 Å². The van der Waals surface area contributed by atoms with Crippen LogP contribution < -0.4 is 9.62 Å². The third-order valence-electron chi connectivity index (χ3n) is 6.56. The standard InChI is InChI=1S/C27H29ClN2O3S/c1-16-12-18(3)25(13-17(16)2)20(5)29-27(31)21-6-11-26-22(15-21)14-19(4)30(26)34(32,33)24-9-7-23(28)8-10-24/h6-13,15,19-20H,14H2,1-5H3,(H,29,31)/t19-,20-/m0/s1. The van der Waals surface area contributed by atoms with E-state index < -0.39 is 10.0 Å². The number of amides is 1. The summed E-state index contributed by atoms with van der Waals surface area (Å²) in [6.07, 6.45) is 0.537. The molecule has 1 aliphatic rings. The number of carbonyl (C=O) groups excluding carboxylic acids is 1. The molecule has 1 amide bonds.